The predicted molar refractivity (Wildman–Crippen MR) is 255 cm³/mol. The van der Waals surface area contributed by atoms with Gasteiger partial charge in [-0.1, -0.05) is 170 Å². The van der Waals surface area contributed by atoms with Crippen LogP contribution in [-0.4, -0.2) is 38.6 Å². The zero-order chi connectivity index (χ0) is 41.4. The number of aromatic nitrogens is 8. The summed E-state index contributed by atoms with van der Waals surface area (Å²) in [4.78, 5) is 27.5. The van der Waals surface area contributed by atoms with Crippen LogP contribution in [0.5, 0.6) is 0 Å². The highest BCUT2D eigenvalue weighted by Gasteiger charge is 2.29. The van der Waals surface area contributed by atoms with Crippen LogP contribution in [0, 0.1) is 0 Å². The van der Waals surface area contributed by atoms with Gasteiger partial charge in [0.1, 0.15) is 5.56 Å². The molecule has 8 heteroatoms. The molecular weight excluding hydrogens is 773 g/mol. The molecule has 0 fully saturated rings. The molecule has 0 aliphatic carbocycles. The molecule has 0 radical (unpaired) electrons. The van der Waals surface area contributed by atoms with Gasteiger partial charge in [-0.05, 0) is 36.4 Å². The van der Waals surface area contributed by atoms with Crippen LogP contribution < -0.4 is 0 Å². The SMILES string of the molecule is c1ccc(-c2nc(-c3ccccc3)nc(-c3c(-n4c5ccccc5c5ccccc54)nc(-n4c5ccccc5c5ccccc54)nc3-n3c4ccccc4c4ccccc43)n2)cc1. The summed E-state index contributed by atoms with van der Waals surface area (Å²) >= 11 is 0. The number of nitrogens with zero attached hydrogens (tertiary/aromatic N) is 8. The molecule has 294 valence electrons. The van der Waals surface area contributed by atoms with Gasteiger partial charge in [-0.2, -0.15) is 9.97 Å². The molecule has 0 saturated heterocycles. The van der Waals surface area contributed by atoms with Gasteiger partial charge in [0.2, 0.25) is 5.95 Å². The lowest BCUT2D eigenvalue weighted by Gasteiger charge is -2.20. The van der Waals surface area contributed by atoms with E-state index in [1.165, 1.54) is 0 Å². The molecule has 13 rings (SSSR count). The Labute approximate surface area is 360 Å². The summed E-state index contributed by atoms with van der Waals surface area (Å²) in [7, 11) is 0. The molecule has 8 nitrogen and oxygen atoms in total. The Hall–Kier alpha value is -8.75. The van der Waals surface area contributed by atoms with Gasteiger partial charge in [-0.3, -0.25) is 13.7 Å². The van der Waals surface area contributed by atoms with E-state index in [2.05, 4.69) is 159 Å². The predicted octanol–water partition coefficient (Wildman–Crippen LogP) is 13.0. The Bertz CT molecular complexity index is 3570. The summed E-state index contributed by atoms with van der Waals surface area (Å²) in [5.74, 6) is 3.34. The van der Waals surface area contributed by atoms with E-state index in [0.29, 0.717) is 40.6 Å². The summed E-state index contributed by atoms with van der Waals surface area (Å²) in [5.41, 5.74) is 8.42. The van der Waals surface area contributed by atoms with Crippen LogP contribution >= 0.6 is 0 Å². The molecule has 5 aromatic heterocycles. The van der Waals surface area contributed by atoms with Gasteiger partial charge >= 0.3 is 0 Å². The molecule has 0 bridgehead atoms. The summed E-state index contributed by atoms with van der Waals surface area (Å²) in [6, 6.07) is 71.3. The number of hydrogen-bond acceptors (Lipinski definition) is 5. The van der Waals surface area contributed by atoms with Gasteiger partial charge < -0.3 is 0 Å². The van der Waals surface area contributed by atoms with Gasteiger partial charge in [-0.25, -0.2) is 15.0 Å². The van der Waals surface area contributed by atoms with Crippen molar-refractivity contribution >= 4 is 65.4 Å². The molecule has 0 aliphatic rings. The number of rotatable bonds is 6. The fraction of sp³-hybridized carbons (Fsp3) is 0. The van der Waals surface area contributed by atoms with E-state index in [1.54, 1.807) is 0 Å². The first-order valence-electron chi connectivity index (χ1n) is 21.0. The molecule has 0 atom stereocenters. The van der Waals surface area contributed by atoms with Crippen molar-refractivity contribution in [1.82, 2.24) is 38.6 Å². The van der Waals surface area contributed by atoms with Crippen LogP contribution in [-0.2, 0) is 0 Å². The van der Waals surface area contributed by atoms with Crippen molar-refractivity contribution in [3.63, 3.8) is 0 Å². The van der Waals surface area contributed by atoms with E-state index in [0.717, 1.165) is 76.5 Å². The summed E-state index contributed by atoms with van der Waals surface area (Å²) in [6.07, 6.45) is 0. The molecule has 5 heterocycles. The molecule has 13 aromatic rings. The third-order valence-electron chi connectivity index (χ3n) is 12.1. The monoisotopic (exact) mass is 806 g/mol. The number of benzene rings is 8. The van der Waals surface area contributed by atoms with E-state index in [1.807, 2.05) is 60.7 Å². The van der Waals surface area contributed by atoms with Crippen LogP contribution in [0.3, 0.4) is 0 Å². The fourth-order valence-corrected chi connectivity index (χ4v) is 9.41. The average Bonchev–Trinajstić information content (AvgIpc) is 4.00. The average molecular weight is 807 g/mol. The molecule has 0 unspecified atom stereocenters. The lowest BCUT2D eigenvalue weighted by Crippen LogP contribution is -2.14. The Morgan fingerprint density at radius 1 is 0.238 bits per heavy atom. The highest BCUT2D eigenvalue weighted by atomic mass is 15.2. The van der Waals surface area contributed by atoms with E-state index in [-0.39, 0.29) is 0 Å². The number of para-hydroxylation sites is 6. The highest BCUT2D eigenvalue weighted by Crippen LogP contribution is 2.42. The Morgan fingerprint density at radius 3 is 0.841 bits per heavy atom. The van der Waals surface area contributed by atoms with Gasteiger partial charge in [-0.15, -0.1) is 0 Å². The number of hydrogen-bond donors (Lipinski definition) is 0. The van der Waals surface area contributed by atoms with Crippen LogP contribution in [0.15, 0.2) is 206 Å². The Kier molecular flexibility index (Phi) is 7.74. The van der Waals surface area contributed by atoms with Crippen molar-refractivity contribution in [2.75, 3.05) is 0 Å². The van der Waals surface area contributed by atoms with Gasteiger partial charge in [0.25, 0.3) is 0 Å². The normalized spacial score (nSPS) is 11.8. The minimum absolute atomic E-state index is 0.449. The molecule has 0 N–H and O–H groups in total. The molecule has 0 aliphatic heterocycles. The van der Waals surface area contributed by atoms with Gasteiger partial charge in [0, 0.05) is 43.4 Å². The van der Waals surface area contributed by atoms with Crippen molar-refractivity contribution in [2.45, 2.75) is 0 Å². The molecule has 0 saturated carbocycles. The summed E-state index contributed by atoms with van der Waals surface area (Å²) in [6.45, 7) is 0. The Balaban J connectivity index is 1.27. The molecule has 0 spiro atoms. The maximum Gasteiger partial charge on any atom is 0.238 e. The van der Waals surface area contributed by atoms with Crippen molar-refractivity contribution < 1.29 is 0 Å². The van der Waals surface area contributed by atoms with E-state index >= 15 is 0 Å². The largest absolute Gasteiger partial charge is 0.293 e. The molecule has 63 heavy (non-hydrogen) atoms. The summed E-state index contributed by atoms with van der Waals surface area (Å²) in [5, 5.41) is 6.69. The van der Waals surface area contributed by atoms with E-state index < -0.39 is 0 Å². The van der Waals surface area contributed by atoms with Gasteiger partial charge in [0.05, 0.1) is 33.1 Å². The van der Waals surface area contributed by atoms with Gasteiger partial charge in [0.15, 0.2) is 29.1 Å². The zero-order valence-corrected chi connectivity index (χ0v) is 33.7. The minimum Gasteiger partial charge on any atom is -0.293 e. The first-order chi connectivity index (χ1) is 31.3. The second kappa shape index (κ2) is 13.9. The second-order valence-electron chi connectivity index (χ2n) is 15.7. The first-order valence-corrected chi connectivity index (χ1v) is 21.0. The molecule has 8 aromatic carbocycles. The van der Waals surface area contributed by atoms with Crippen molar-refractivity contribution in [3.05, 3.63) is 206 Å². The quantitative estimate of drug-likeness (QED) is 0.167. The third kappa shape index (κ3) is 5.38. The minimum atomic E-state index is 0.449. The highest BCUT2D eigenvalue weighted by molar-refractivity contribution is 6.12. The third-order valence-corrected chi connectivity index (χ3v) is 12.1. The van der Waals surface area contributed by atoms with Crippen molar-refractivity contribution in [2.24, 2.45) is 0 Å². The lowest BCUT2D eigenvalue weighted by molar-refractivity contribution is 0.914. The van der Waals surface area contributed by atoms with Crippen LogP contribution in [0.1, 0.15) is 0 Å². The van der Waals surface area contributed by atoms with E-state index in [9.17, 15) is 0 Å². The van der Waals surface area contributed by atoms with Crippen molar-refractivity contribution in [1.29, 1.82) is 0 Å². The maximum atomic E-state index is 5.77. The van der Waals surface area contributed by atoms with Crippen LogP contribution in [0.4, 0.5) is 0 Å². The van der Waals surface area contributed by atoms with Crippen LogP contribution in [0.2, 0.25) is 0 Å². The first kappa shape index (κ1) is 35.0. The second-order valence-corrected chi connectivity index (χ2v) is 15.7. The fourth-order valence-electron chi connectivity index (χ4n) is 9.41. The van der Waals surface area contributed by atoms with Crippen LogP contribution in [0.25, 0.3) is 117 Å². The standard InChI is InChI=1S/C55H34N8/c1-3-19-35(20-4-1)50-56-51(36-21-5-2-6-22-36)58-52(57-50)49-53(61-43-29-13-7-23-37(43)38-24-8-14-30-44(38)61)59-55(63-47-33-17-11-27-41(47)42-28-12-18-34-48(42)63)60-54(49)62-45-31-15-9-25-39(45)40-26-10-16-32-46(40)62/h1-34H. The molecule has 0 amide bonds. The topological polar surface area (TPSA) is 79.2 Å². The molecular formula is C55H34N8. The maximum absolute atomic E-state index is 5.77. The number of fused-ring (bicyclic) bond motifs is 9. The lowest BCUT2D eigenvalue weighted by atomic mass is 10.1. The zero-order valence-electron chi connectivity index (χ0n) is 33.7. The van der Waals surface area contributed by atoms with E-state index in [4.69, 9.17) is 24.9 Å². The smallest absolute Gasteiger partial charge is 0.238 e. The summed E-state index contributed by atoms with van der Waals surface area (Å²) < 4.78 is 6.73. The van der Waals surface area contributed by atoms with Crippen molar-refractivity contribution in [3.8, 4) is 51.7 Å². The Morgan fingerprint density at radius 2 is 0.508 bits per heavy atom.